The zero-order valence-electron chi connectivity index (χ0n) is 13.8. The number of oxazole rings is 1. The summed E-state index contributed by atoms with van der Waals surface area (Å²) in [6, 6.07) is 13.1. The summed E-state index contributed by atoms with van der Waals surface area (Å²) in [5.74, 6) is -0.00327. The lowest BCUT2D eigenvalue weighted by atomic mass is 9.97. The van der Waals surface area contributed by atoms with E-state index < -0.39 is 0 Å². The molecule has 0 spiro atoms. The van der Waals surface area contributed by atoms with E-state index in [0.717, 1.165) is 11.1 Å². The molecule has 2 aromatic carbocycles. The Morgan fingerprint density at radius 2 is 1.88 bits per heavy atom. The molecule has 0 N–H and O–H groups in total. The van der Waals surface area contributed by atoms with E-state index in [2.05, 4.69) is 9.88 Å². The van der Waals surface area contributed by atoms with Crippen LogP contribution >= 0.6 is 23.2 Å². The number of nitrogens with zero attached hydrogens (tertiary/aromatic N) is 2. The number of benzene rings is 2. The third-order valence-electron chi connectivity index (χ3n) is 4.49. The van der Waals surface area contributed by atoms with Gasteiger partial charge in [0.2, 0.25) is 0 Å². The second kappa shape index (κ2) is 7.17. The standard InChI is InChI=1S/C19H16Cl2N2O3/c20-14-6-5-13(11-15(14)21)25-18(24)12-7-9-23(10-8-12)19-22-16-3-1-2-4-17(16)26-19/h1-6,11-12H,7-10H2. The number of piperidine rings is 1. The average Bonchev–Trinajstić information content (AvgIpc) is 3.09. The third-order valence-corrected chi connectivity index (χ3v) is 5.23. The van der Waals surface area contributed by atoms with Crippen LogP contribution in [0.4, 0.5) is 6.01 Å². The van der Waals surface area contributed by atoms with Gasteiger partial charge in [-0.1, -0.05) is 35.3 Å². The van der Waals surface area contributed by atoms with E-state index in [0.29, 0.717) is 47.7 Å². The predicted molar refractivity (Wildman–Crippen MR) is 101 cm³/mol. The summed E-state index contributed by atoms with van der Waals surface area (Å²) >= 11 is 11.8. The molecule has 1 aliphatic heterocycles. The Kier molecular flexibility index (Phi) is 4.74. The van der Waals surface area contributed by atoms with E-state index in [9.17, 15) is 4.79 Å². The van der Waals surface area contributed by atoms with Crippen molar-refractivity contribution in [2.75, 3.05) is 18.0 Å². The molecule has 0 amide bonds. The first kappa shape index (κ1) is 17.2. The summed E-state index contributed by atoms with van der Waals surface area (Å²) in [5.41, 5.74) is 1.60. The van der Waals surface area contributed by atoms with Gasteiger partial charge in [0.05, 0.1) is 16.0 Å². The van der Waals surface area contributed by atoms with Gasteiger partial charge in [0.1, 0.15) is 11.3 Å². The van der Waals surface area contributed by atoms with E-state index in [4.69, 9.17) is 32.4 Å². The number of carbonyl (C=O) groups excluding carboxylic acids is 1. The zero-order valence-corrected chi connectivity index (χ0v) is 15.3. The van der Waals surface area contributed by atoms with Crippen molar-refractivity contribution in [3.63, 3.8) is 0 Å². The number of carbonyl (C=O) groups is 1. The number of ether oxygens (including phenoxy) is 1. The second-order valence-electron chi connectivity index (χ2n) is 6.22. The molecule has 26 heavy (non-hydrogen) atoms. The highest BCUT2D eigenvalue weighted by Crippen LogP contribution is 2.29. The largest absolute Gasteiger partial charge is 0.426 e. The van der Waals surface area contributed by atoms with E-state index in [1.165, 1.54) is 0 Å². The van der Waals surface area contributed by atoms with E-state index >= 15 is 0 Å². The van der Waals surface area contributed by atoms with Crippen molar-refractivity contribution >= 4 is 46.3 Å². The minimum Gasteiger partial charge on any atom is -0.426 e. The van der Waals surface area contributed by atoms with Gasteiger partial charge >= 0.3 is 5.97 Å². The molecule has 3 aromatic rings. The molecule has 0 aliphatic carbocycles. The van der Waals surface area contributed by atoms with Gasteiger partial charge in [-0.05, 0) is 37.1 Å². The molecule has 134 valence electrons. The zero-order chi connectivity index (χ0) is 18.1. The van der Waals surface area contributed by atoms with Crippen molar-refractivity contribution in [3.05, 3.63) is 52.5 Å². The van der Waals surface area contributed by atoms with Gasteiger partial charge in [-0.15, -0.1) is 0 Å². The lowest BCUT2D eigenvalue weighted by Crippen LogP contribution is -2.37. The first-order valence-corrected chi connectivity index (χ1v) is 9.13. The minimum absolute atomic E-state index is 0.162. The van der Waals surface area contributed by atoms with Crippen LogP contribution in [0.25, 0.3) is 11.1 Å². The number of halogens is 2. The molecule has 7 heteroatoms. The highest BCUT2D eigenvalue weighted by molar-refractivity contribution is 6.42. The monoisotopic (exact) mass is 390 g/mol. The van der Waals surface area contributed by atoms with Crippen LogP contribution in [0, 0.1) is 5.92 Å². The van der Waals surface area contributed by atoms with Gasteiger partial charge in [0, 0.05) is 19.2 Å². The molecule has 2 heterocycles. The molecule has 5 nitrogen and oxygen atoms in total. The van der Waals surface area contributed by atoms with E-state index in [1.807, 2.05) is 24.3 Å². The molecule has 0 bridgehead atoms. The van der Waals surface area contributed by atoms with Crippen molar-refractivity contribution in [3.8, 4) is 5.75 Å². The summed E-state index contributed by atoms with van der Waals surface area (Å²) in [6.07, 6.45) is 1.36. The molecule has 1 aromatic heterocycles. The SMILES string of the molecule is O=C(Oc1ccc(Cl)c(Cl)c1)C1CCN(c2nc3ccccc3o2)CC1. The van der Waals surface area contributed by atoms with Crippen LogP contribution in [-0.2, 0) is 4.79 Å². The molecular formula is C19H16Cl2N2O3. The van der Waals surface area contributed by atoms with Crippen LogP contribution in [0.15, 0.2) is 46.9 Å². The van der Waals surface area contributed by atoms with Crippen LogP contribution in [-0.4, -0.2) is 24.0 Å². The fraction of sp³-hybridized carbons (Fsp3) is 0.263. The molecule has 0 atom stereocenters. The first-order chi connectivity index (χ1) is 12.6. The Bertz CT molecular complexity index is 916. The van der Waals surface area contributed by atoms with Crippen molar-refractivity contribution < 1.29 is 13.9 Å². The van der Waals surface area contributed by atoms with Gasteiger partial charge in [0.15, 0.2) is 5.58 Å². The van der Waals surface area contributed by atoms with Crippen molar-refractivity contribution in [2.45, 2.75) is 12.8 Å². The average molecular weight is 391 g/mol. The van der Waals surface area contributed by atoms with Crippen molar-refractivity contribution in [1.82, 2.24) is 4.98 Å². The molecule has 1 aliphatic rings. The number of para-hydroxylation sites is 2. The molecule has 1 saturated heterocycles. The molecular weight excluding hydrogens is 375 g/mol. The summed E-state index contributed by atoms with van der Waals surface area (Å²) < 4.78 is 11.2. The number of anilines is 1. The Hall–Kier alpha value is -2.24. The van der Waals surface area contributed by atoms with Crippen LogP contribution in [0.5, 0.6) is 5.75 Å². The Morgan fingerprint density at radius 1 is 1.12 bits per heavy atom. The minimum atomic E-state index is -0.249. The van der Waals surface area contributed by atoms with Crippen LogP contribution in [0.2, 0.25) is 10.0 Å². The maximum atomic E-state index is 12.4. The Balaban J connectivity index is 1.38. The number of hydrogen-bond donors (Lipinski definition) is 0. The van der Waals surface area contributed by atoms with Gasteiger partial charge in [0.25, 0.3) is 6.01 Å². The maximum absolute atomic E-state index is 12.4. The fourth-order valence-electron chi connectivity index (χ4n) is 3.04. The predicted octanol–water partition coefficient (Wildman–Crippen LogP) is 4.96. The summed E-state index contributed by atoms with van der Waals surface area (Å²) in [5, 5.41) is 0.792. The first-order valence-electron chi connectivity index (χ1n) is 8.37. The summed E-state index contributed by atoms with van der Waals surface area (Å²) in [6.45, 7) is 1.38. The fourth-order valence-corrected chi connectivity index (χ4v) is 3.33. The number of aromatic nitrogens is 1. The maximum Gasteiger partial charge on any atom is 0.314 e. The number of rotatable bonds is 3. The quantitative estimate of drug-likeness (QED) is 0.467. The molecule has 4 rings (SSSR count). The number of fused-ring (bicyclic) bond motifs is 1. The van der Waals surface area contributed by atoms with E-state index in [1.54, 1.807) is 18.2 Å². The smallest absolute Gasteiger partial charge is 0.314 e. The van der Waals surface area contributed by atoms with Gasteiger partial charge < -0.3 is 14.1 Å². The van der Waals surface area contributed by atoms with E-state index in [-0.39, 0.29) is 11.9 Å². The molecule has 0 saturated carbocycles. The van der Waals surface area contributed by atoms with Crippen LogP contribution in [0.1, 0.15) is 12.8 Å². The lowest BCUT2D eigenvalue weighted by Gasteiger charge is -2.29. The van der Waals surface area contributed by atoms with Gasteiger partial charge in [-0.3, -0.25) is 4.79 Å². The van der Waals surface area contributed by atoms with Crippen molar-refractivity contribution in [1.29, 1.82) is 0 Å². The Morgan fingerprint density at radius 3 is 2.62 bits per heavy atom. The molecule has 1 fully saturated rings. The highest BCUT2D eigenvalue weighted by Gasteiger charge is 2.28. The molecule has 0 unspecified atom stereocenters. The van der Waals surface area contributed by atoms with Gasteiger partial charge in [-0.25, -0.2) is 0 Å². The summed E-state index contributed by atoms with van der Waals surface area (Å²) in [4.78, 5) is 19.0. The third kappa shape index (κ3) is 3.50. The summed E-state index contributed by atoms with van der Waals surface area (Å²) in [7, 11) is 0. The highest BCUT2D eigenvalue weighted by atomic mass is 35.5. The van der Waals surface area contributed by atoms with Crippen LogP contribution < -0.4 is 9.64 Å². The topological polar surface area (TPSA) is 55.6 Å². The second-order valence-corrected chi connectivity index (χ2v) is 7.04. The van der Waals surface area contributed by atoms with Gasteiger partial charge in [-0.2, -0.15) is 4.98 Å². The lowest BCUT2D eigenvalue weighted by molar-refractivity contribution is -0.139. The van der Waals surface area contributed by atoms with Crippen molar-refractivity contribution in [2.24, 2.45) is 5.92 Å². The molecule has 0 radical (unpaired) electrons. The number of hydrogen-bond acceptors (Lipinski definition) is 5. The number of esters is 1. The Labute approximate surface area is 160 Å². The normalized spacial score (nSPS) is 15.4. The van der Waals surface area contributed by atoms with Crippen LogP contribution in [0.3, 0.4) is 0 Å².